The van der Waals surface area contributed by atoms with Crippen LogP contribution in [-0.2, 0) is 0 Å². The first-order chi connectivity index (χ1) is 7.74. The fourth-order valence-corrected chi connectivity index (χ4v) is 1.28. The van der Waals surface area contributed by atoms with E-state index in [1.54, 1.807) is 0 Å². The van der Waals surface area contributed by atoms with Crippen molar-refractivity contribution in [2.24, 2.45) is 5.11 Å². The Kier molecular flexibility index (Phi) is 4.94. The maximum atomic E-state index is 8.10. The van der Waals surface area contributed by atoms with Gasteiger partial charge in [0.1, 0.15) is 0 Å². The van der Waals surface area contributed by atoms with E-state index in [1.807, 2.05) is 13.0 Å². The van der Waals surface area contributed by atoms with Gasteiger partial charge in [0.15, 0.2) is 0 Å². The van der Waals surface area contributed by atoms with Gasteiger partial charge in [0.05, 0.1) is 0 Å². The van der Waals surface area contributed by atoms with Gasteiger partial charge in [-0.1, -0.05) is 34.9 Å². The minimum absolute atomic E-state index is 0.491. The Balaban J connectivity index is 2.69. The molecule has 3 heteroatoms. The van der Waals surface area contributed by atoms with Crippen LogP contribution in [0.4, 0.5) is 0 Å². The summed E-state index contributed by atoms with van der Waals surface area (Å²) in [5, 5.41) is 3.45. The van der Waals surface area contributed by atoms with Gasteiger partial charge in [0.2, 0.25) is 0 Å². The van der Waals surface area contributed by atoms with Crippen LogP contribution in [0.3, 0.4) is 0 Å². The van der Waals surface area contributed by atoms with Gasteiger partial charge in [-0.3, -0.25) is 0 Å². The molecule has 0 atom stereocenters. The Morgan fingerprint density at radius 2 is 2.12 bits per heavy atom. The highest BCUT2D eigenvalue weighted by molar-refractivity contribution is 5.63. The second kappa shape index (κ2) is 6.52. The highest BCUT2D eigenvalue weighted by atomic mass is 15.1. The number of hydrogen-bond acceptors (Lipinski definition) is 1. The topological polar surface area (TPSA) is 48.8 Å². The first-order valence-electron chi connectivity index (χ1n) is 5.23. The summed E-state index contributed by atoms with van der Waals surface area (Å²) < 4.78 is 0. The quantitative estimate of drug-likeness (QED) is 0.236. The van der Waals surface area contributed by atoms with E-state index in [0.29, 0.717) is 6.54 Å². The molecule has 16 heavy (non-hydrogen) atoms. The third-order valence-corrected chi connectivity index (χ3v) is 2.24. The van der Waals surface area contributed by atoms with Crippen molar-refractivity contribution in [1.82, 2.24) is 0 Å². The molecule has 1 rings (SSSR count). The third kappa shape index (κ3) is 4.05. The molecule has 1 aromatic carbocycles. The second-order valence-corrected chi connectivity index (χ2v) is 3.58. The number of aryl methyl sites for hydroxylation is 1. The molecule has 0 fully saturated rings. The summed E-state index contributed by atoms with van der Waals surface area (Å²) in [6.45, 7) is 4.58. The third-order valence-electron chi connectivity index (χ3n) is 2.24. The minimum atomic E-state index is 0.491. The summed E-state index contributed by atoms with van der Waals surface area (Å²) in [5.41, 5.74) is 14.8. The molecule has 0 aliphatic heterocycles. The van der Waals surface area contributed by atoms with Gasteiger partial charge in [-0.05, 0) is 43.0 Å². The summed E-state index contributed by atoms with van der Waals surface area (Å²) in [6, 6.07) is 8.33. The molecule has 0 saturated heterocycles. The molecule has 0 amide bonds. The van der Waals surface area contributed by atoms with E-state index in [2.05, 4.69) is 46.9 Å². The monoisotopic (exact) mass is 213 g/mol. The zero-order valence-electron chi connectivity index (χ0n) is 9.64. The van der Waals surface area contributed by atoms with Crippen LogP contribution in [0.15, 0.2) is 41.2 Å². The van der Waals surface area contributed by atoms with E-state index in [1.165, 1.54) is 11.1 Å². The molecule has 0 spiro atoms. The van der Waals surface area contributed by atoms with Gasteiger partial charge < -0.3 is 0 Å². The van der Waals surface area contributed by atoms with Crippen molar-refractivity contribution in [2.75, 3.05) is 6.54 Å². The van der Waals surface area contributed by atoms with Crippen LogP contribution in [0, 0.1) is 6.92 Å². The first-order valence-corrected chi connectivity index (χ1v) is 5.23. The van der Waals surface area contributed by atoms with Crippen molar-refractivity contribution >= 4 is 5.57 Å². The number of azide groups is 1. The molecule has 0 aliphatic carbocycles. The fraction of sp³-hybridized carbons (Fsp3) is 0.308. The largest absolute Gasteiger partial charge is 0.121 e. The molecule has 0 unspecified atom stereocenters. The predicted octanol–water partition coefficient (Wildman–Crippen LogP) is 4.25. The molecule has 0 heterocycles. The zero-order valence-corrected chi connectivity index (χ0v) is 9.64. The fourth-order valence-electron chi connectivity index (χ4n) is 1.28. The second-order valence-electron chi connectivity index (χ2n) is 3.58. The van der Waals surface area contributed by atoms with E-state index in [0.717, 1.165) is 12.0 Å². The molecule has 82 valence electrons. The van der Waals surface area contributed by atoms with E-state index < -0.39 is 0 Å². The predicted molar refractivity (Wildman–Crippen MR) is 67.0 cm³/mol. The number of benzene rings is 1. The van der Waals surface area contributed by atoms with Crippen molar-refractivity contribution in [3.63, 3.8) is 0 Å². The maximum absolute atomic E-state index is 8.10. The Labute approximate surface area is 95.7 Å². The van der Waals surface area contributed by atoms with Crippen LogP contribution in [0.1, 0.15) is 24.5 Å². The highest BCUT2D eigenvalue weighted by Gasteiger charge is 1.92. The van der Waals surface area contributed by atoms with Gasteiger partial charge in [-0.2, -0.15) is 0 Å². The van der Waals surface area contributed by atoms with Gasteiger partial charge in [0, 0.05) is 11.5 Å². The van der Waals surface area contributed by atoms with Crippen LogP contribution in [0.25, 0.3) is 16.0 Å². The molecule has 1 aromatic rings. The average Bonchev–Trinajstić information content (AvgIpc) is 2.29. The zero-order chi connectivity index (χ0) is 11.8. The summed E-state index contributed by atoms with van der Waals surface area (Å²) in [4.78, 5) is 2.69. The first kappa shape index (κ1) is 12.1. The van der Waals surface area contributed by atoms with E-state index in [-0.39, 0.29) is 0 Å². The van der Waals surface area contributed by atoms with Gasteiger partial charge in [-0.15, -0.1) is 5.73 Å². The van der Waals surface area contributed by atoms with E-state index >= 15 is 0 Å². The number of rotatable bonds is 4. The lowest BCUT2D eigenvalue weighted by atomic mass is 10.1. The number of nitrogens with zero attached hydrogens (tertiary/aromatic N) is 3. The Hall–Kier alpha value is -1.95. The average molecular weight is 213 g/mol. The molecule has 0 aliphatic rings. The Morgan fingerprint density at radius 3 is 2.75 bits per heavy atom. The van der Waals surface area contributed by atoms with Crippen LogP contribution >= 0.6 is 0 Å². The van der Waals surface area contributed by atoms with Crippen LogP contribution in [-0.4, -0.2) is 6.54 Å². The molecule has 0 bridgehead atoms. The minimum Gasteiger partial charge on any atom is -0.121 e. The summed E-state index contributed by atoms with van der Waals surface area (Å²) >= 11 is 0. The normalized spacial score (nSPS) is 8.88. The molecule has 0 aromatic heterocycles. The van der Waals surface area contributed by atoms with Crippen molar-refractivity contribution in [3.8, 4) is 0 Å². The number of hydrogen-bond donors (Lipinski definition) is 0. The van der Waals surface area contributed by atoms with Crippen molar-refractivity contribution < 1.29 is 0 Å². The molecule has 3 nitrogen and oxygen atoms in total. The lowest BCUT2D eigenvalue weighted by Crippen LogP contribution is -1.78. The summed E-state index contributed by atoms with van der Waals surface area (Å²) in [6.07, 6.45) is 2.64. The van der Waals surface area contributed by atoms with Crippen LogP contribution < -0.4 is 0 Å². The van der Waals surface area contributed by atoms with Crippen molar-refractivity contribution in [3.05, 3.63) is 57.6 Å². The van der Waals surface area contributed by atoms with Crippen molar-refractivity contribution in [1.29, 1.82) is 0 Å². The van der Waals surface area contributed by atoms with Crippen LogP contribution in [0.5, 0.6) is 0 Å². The molecular weight excluding hydrogens is 198 g/mol. The van der Waals surface area contributed by atoms with Gasteiger partial charge in [0.25, 0.3) is 0 Å². The van der Waals surface area contributed by atoms with Crippen LogP contribution in [0.2, 0.25) is 0 Å². The molecule has 0 radical (unpaired) electrons. The highest BCUT2D eigenvalue weighted by Crippen LogP contribution is 2.12. The Morgan fingerprint density at radius 1 is 1.44 bits per heavy atom. The summed E-state index contributed by atoms with van der Waals surface area (Å²) in [7, 11) is 0. The molecular formula is C13H15N3. The van der Waals surface area contributed by atoms with E-state index in [9.17, 15) is 0 Å². The summed E-state index contributed by atoms with van der Waals surface area (Å²) in [5.74, 6) is 0. The molecule has 0 saturated carbocycles. The lowest BCUT2D eigenvalue weighted by molar-refractivity contribution is 0.993. The smallest absolute Gasteiger partial charge is 0.0298 e. The van der Waals surface area contributed by atoms with Gasteiger partial charge in [-0.25, -0.2) is 0 Å². The molecule has 0 N–H and O–H groups in total. The van der Waals surface area contributed by atoms with E-state index in [4.69, 9.17) is 5.53 Å². The van der Waals surface area contributed by atoms with Gasteiger partial charge >= 0.3 is 0 Å². The van der Waals surface area contributed by atoms with Crippen molar-refractivity contribution in [2.45, 2.75) is 20.3 Å². The lowest BCUT2D eigenvalue weighted by Gasteiger charge is -1.98. The standard InChI is InChI=1S/C13H15N3/c1-11-6-8-13(9-7-11)12(2)5-3-4-10-15-16-14/h3,6-9H,4,10H2,1-2H3. The Bertz CT molecular complexity index is 445. The SMILES string of the molecule is CC(=C=CCCN=[N+]=[N-])c1ccc(C)cc1. The maximum Gasteiger partial charge on any atom is 0.0298 e.